The Morgan fingerprint density at radius 3 is 2.23 bits per heavy atom. The second-order valence-electron chi connectivity index (χ2n) is 8.18. The van der Waals surface area contributed by atoms with Gasteiger partial charge in [0.25, 0.3) is 0 Å². The van der Waals surface area contributed by atoms with E-state index in [1.807, 2.05) is 36.7 Å². The minimum atomic E-state index is -0.309. The predicted molar refractivity (Wildman–Crippen MR) is 125 cm³/mol. The van der Waals surface area contributed by atoms with E-state index in [1.165, 1.54) is 17.2 Å². The van der Waals surface area contributed by atoms with Gasteiger partial charge in [-0.25, -0.2) is 0 Å². The van der Waals surface area contributed by atoms with Crippen LogP contribution in [0.25, 0.3) is 0 Å². The Hall–Kier alpha value is -2.60. The van der Waals surface area contributed by atoms with E-state index in [4.69, 9.17) is 11.6 Å². The average Bonchev–Trinajstić information content (AvgIpc) is 2.78. The van der Waals surface area contributed by atoms with Gasteiger partial charge < -0.3 is 9.67 Å². The molecule has 4 rings (SSSR count). The van der Waals surface area contributed by atoms with Crippen molar-refractivity contribution in [3.05, 3.63) is 98.4 Å². The maximum Gasteiger partial charge on any atom is 0.223 e. The van der Waals surface area contributed by atoms with Crippen molar-refractivity contribution >= 4 is 11.6 Å². The van der Waals surface area contributed by atoms with Crippen molar-refractivity contribution in [3.8, 4) is 5.75 Å². The number of rotatable bonds is 5. The summed E-state index contributed by atoms with van der Waals surface area (Å²) in [6.45, 7) is 5.95. The first-order valence-corrected chi connectivity index (χ1v) is 11.0. The van der Waals surface area contributed by atoms with Crippen molar-refractivity contribution in [2.45, 2.75) is 19.5 Å². The van der Waals surface area contributed by atoms with Gasteiger partial charge in [0, 0.05) is 56.6 Å². The van der Waals surface area contributed by atoms with Crippen LogP contribution in [0.4, 0.5) is 0 Å². The molecule has 0 unspecified atom stereocenters. The Labute approximate surface area is 188 Å². The monoisotopic (exact) mass is 437 g/mol. The van der Waals surface area contributed by atoms with Crippen LogP contribution >= 0.6 is 11.6 Å². The van der Waals surface area contributed by atoms with Crippen LogP contribution < -0.4 is 5.43 Å². The summed E-state index contributed by atoms with van der Waals surface area (Å²) >= 11 is 6.13. The number of aromatic nitrogens is 1. The molecule has 0 amide bonds. The lowest BCUT2D eigenvalue weighted by atomic mass is 9.96. The van der Waals surface area contributed by atoms with Crippen molar-refractivity contribution in [1.29, 1.82) is 0 Å². The molecule has 3 aromatic rings. The Morgan fingerprint density at radius 1 is 0.968 bits per heavy atom. The quantitative estimate of drug-likeness (QED) is 0.656. The molecule has 1 aliphatic rings. The molecule has 5 nitrogen and oxygen atoms in total. The van der Waals surface area contributed by atoms with Crippen molar-refractivity contribution in [3.63, 3.8) is 0 Å². The maximum atomic E-state index is 12.0. The molecule has 1 fully saturated rings. The Morgan fingerprint density at radius 2 is 1.58 bits per heavy atom. The van der Waals surface area contributed by atoms with E-state index < -0.39 is 0 Å². The highest BCUT2D eigenvalue weighted by Gasteiger charge is 2.27. The van der Waals surface area contributed by atoms with Crippen molar-refractivity contribution < 1.29 is 5.11 Å². The number of benzene rings is 2. The summed E-state index contributed by atoms with van der Waals surface area (Å²) in [5.41, 5.74) is 3.70. The summed E-state index contributed by atoms with van der Waals surface area (Å²) in [7, 11) is 1.89. The van der Waals surface area contributed by atoms with Crippen LogP contribution in [0.5, 0.6) is 5.75 Å². The van der Waals surface area contributed by atoms with Gasteiger partial charge in [-0.2, -0.15) is 0 Å². The zero-order valence-corrected chi connectivity index (χ0v) is 18.7. The molecule has 0 saturated carbocycles. The maximum absolute atomic E-state index is 12.0. The Kier molecular flexibility index (Phi) is 6.46. The van der Waals surface area contributed by atoms with E-state index in [1.54, 1.807) is 0 Å². The summed E-state index contributed by atoms with van der Waals surface area (Å²) in [4.78, 5) is 16.8. The minimum Gasteiger partial charge on any atom is -0.503 e. The fourth-order valence-electron chi connectivity index (χ4n) is 4.34. The molecule has 1 aromatic heterocycles. The van der Waals surface area contributed by atoms with Gasteiger partial charge in [0.2, 0.25) is 5.43 Å². The number of hydrogen-bond donors (Lipinski definition) is 1. The van der Waals surface area contributed by atoms with Crippen molar-refractivity contribution in [2.24, 2.45) is 7.05 Å². The number of pyridine rings is 1. The highest BCUT2D eigenvalue weighted by atomic mass is 35.5. The number of piperazine rings is 1. The molecule has 0 radical (unpaired) electrons. The largest absolute Gasteiger partial charge is 0.503 e. The summed E-state index contributed by atoms with van der Waals surface area (Å²) in [5.74, 6) is -0.140. The molecule has 2 heterocycles. The summed E-state index contributed by atoms with van der Waals surface area (Å²) in [6.07, 6.45) is 0. The minimum absolute atomic E-state index is 0.140. The summed E-state index contributed by atoms with van der Waals surface area (Å²) in [5, 5.41) is 11.1. The molecule has 1 N–H and O–H groups in total. The Balaban J connectivity index is 1.52. The lowest BCUT2D eigenvalue weighted by molar-refractivity contribution is 0.102. The molecule has 0 bridgehead atoms. The first-order chi connectivity index (χ1) is 14.9. The molecule has 162 valence electrons. The molecule has 1 saturated heterocycles. The van der Waals surface area contributed by atoms with Crippen LogP contribution in [0.15, 0.2) is 65.5 Å². The third-order valence-corrected chi connectivity index (χ3v) is 6.48. The molecule has 2 aromatic carbocycles. The third-order valence-electron chi connectivity index (χ3n) is 6.23. The fourth-order valence-corrected chi connectivity index (χ4v) is 4.46. The van der Waals surface area contributed by atoms with E-state index >= 15 is 0 Å². The number of aromatic hydroxyl groups is 1. The first-order valence-electron chi connectivity index (χ1n) is 10.6. The fraction of sp³-hybridized carbons (Fsp3) is 0.320. The summed E-state index contributed by atoms with van der Waals surface area (Å²) in [6, 6.07) is 20.3. The van der Waals surface area contributed by atoms with Crippen LogP contribution in [0, 0.1) is 6.92 Å². The first kappa shape index (κ1) is 21.6. The van der Waals surface area contributed by atoms with E-state index in [0.29, 0.717) is 12.2 Å². The van der Waals surface area contributed by atoms with E-state index in [0.717, 1.165) is 36.9 Å². The van der Waals surface area contributed by atoms with Gasteiger partial charge in [-0.05, 0) is 30.2 Å². The zero-order chi connectivity index (χ0) is 22.0. The van der Waals surface area contributed by atoms with E-state index in [2.05, 4.69) is 46.2 Å². The van der Waals surface area contributed by atoms with Gasteiger partial charge in [0.1, 0.15) is 0 Å². The zero-order valence-electron chi connectivity index (χ0n) is 18.0. The van der Waals surface area contributed by atoms with Gasteiger partial charge >= 0.3 is 0 Å². The van der Waals surface area contributed by atoms with Crippen LogP contribution in [0.2, 0.25) is 5.02 Å². The molecule has 6 heteroatoms. The second-order valence-corrected chi connectivity index (χ2v) is 8.62. The molecule has 1 aliphatic heterocycles. The van der Waals surface area contributed by atoms with Crippen LogP contribution in [-0.4, -0.2) is 45.7 Å². The normalized spacial score (nSPS) is 16.4. The highest BCUT2D eigenvalue weighted by Crippen LogP contribution is 2.30. The molecule has 31 heavy (non-hydrogen) atoms. The molecule has 1 atom stereocenters. The van der Waals surface area contributed by atoms with Gasteiger partial charge in [-0.15, -0.1) is 0 Å². The van der Waals surface area contributed by atoms with Crippen LogP contribution in [-0.2, 0) is 13.6 Å². The van der Waals surface area contributed by atoms with Crippen molar-refractivity contribution in [2.75, 3.05) is 26.2 Å². The van der Waals surface area contributed by atoms with Gasteiger partial charge in [0.05, 0.1) is 11.7 Å². The lowest BCUT2D eigenvalue weighted by Crippen LogP contribution is -2.47. The number of halogens is 1. The SMILES string of the molecule is Cc1cc(=O)c(O)c(CN2CCN([C@H](c3ccccc3)c3ccc(Cl)cc3)CC2)n1C. The number of nitrogens with zero attached hydrogens (tertiary/aromatic N) is 3. The highest BCUT2D eigenvalue weighted by molar-refractivity contribution is 6.30. The summed E-state index contributed by atoms with van der Waals surface area (Å²) < 4.78 is 1.91. The van der Waals surface area contributed by atoms with Gasteiger partial charge in [-0.1, -0.05) is 54.1 Å². The van der Waals surface area contributed by atoms with E-state index in [-0.39, 0.29) is 17.2 Å². The van der Waals surface area contributed by atoms with Gasteiger partial charge in [0.15, 0.2) is 5.75 Å². The number of aryl methyl sites for hydroxylation is 1. The standard InChI is InChI=1S/C25H28ClN3O2/c1-18-16-23(30)25(31)22(27(18)2)17-28-12-14-29(15-13-28)24(19-6-4-3-5-7-19)20-8-10-21(26)11-9-20/h3-11,16,24,31H,12-15,17H2,1-2H3/t24-/m1/s1. The van der Waals surface area contributed by atoms with Crippen molar-refractivity contribution in [1.82, 2.24) is 14.4 Å². The van der Waals surface area contributed by atoms with Gasteiger partial charge in [-0.3, -0.25) is 14.6 Å². The van der Waals surface area contributed by atoms with E-state index in [9.17, 15) is 9.90 Å². The molecule has 0 spiro atoms. The lowest BCUT2D eigenvalue weighted by Gasteiger charge is -2.40. The Bertz CT molecular complexity index is 1090. The molecular weight excluding hydrogens is 410 g/mol. The predicted octanol–water partition coefficient (Wildman–Crippen LogP) is 3.96. The third kappa shape index (κ3) is 4.69. The number of hydrogen-bond acceptors (Lipinski definition) is 4. The molecular formula is C25H28ClN3O2. The smallest absolute Gasteiger partial charge is 0.223 e. The molecule has 0 aliphatic carbocycles. The average molecular weight is 438 g/mol. The van der Waals surface area contributed by atoms with Crippen LogP contribution in [0.1, 0.15) is 28.6 Å². The topological polar surface area (TPSA) is 48.7 Å². The second kappa shape index (κ2) is 9.27. The van der Waals surface area contributed by atoms with Crippen LogP contribution in [0.3, 0.4) is 0 Å².